The molecule has 1 aromatic carbocycles. The zero-order valence-electron chi connectivity index (χ0n) is 12.3. The van der Waals surface area contributed by atoms with Crippen LogP contribution < -0.4 is 0 Å². The van der Waals surface area contributed by atoms with Gasteiger partial charge in [0.2, 0.25) is 0 Å². The number of non-ortho nitro benzene ring substituents is 2. The summed E-state index contributed by atoms with van der Waals surface area (Å²) in [6.07, 6.45) is 0. The third-order valence-corrected chi connectivity index (χ3v) is 3.03. The highest BCUT2D eigenvalue weighted by atomic mass is 17.0. The van der Waals surface area contributed by atoms with Crippen molar-refractivity contribution in [3.63, 3.8) is 0 Å². The van der Waals surface area contributed by atoms with Crippen LogP contribution in [0.1, 0.15) is 5.56 Å². The van der Waals surface area contributed by atoms with Gasteiger partial charge in [-0.05, 0) is 0 Å². The third kappa shape index (κ3) is 4.43. The SMILES string of the molecule is O=[N+]([O-])OCC(CO[N+](=O)[O-])(c1cc([N+](=O)[O-])cc([N+](=O)[O-])c1)[N+](=O)[O-]. The second-order valence-electron chi connectivity index (χ2n) is 4.54. The average Bonchev–Trinajstić information content (AvgIpc) is 2.53. The van der Waals surface area contributed by atoms with Crippen molar-refractivity contribution in [1.29, 1.82) is 0 Å². The summed E-state index contributed by atoms with van der Waals surface area (Å²) in [7, 11) is 0. The number of rotatable bonds is 10. The van der Waals surface area contributed by atoms with Crippen LogP contribution in [-0.4, -0.2) is 38.2 Å². The van der Waals surface area contributed by atoms with Crippen LogP contribution in [0.5, 0.6) is 0 Å². The molecule has 0 spiro atoms. The summed E-state index contributed by atoms with van der Waals surface area (Å²) in [6, 6.07) is 1.49. The maximum Gasteiger partial charge on any atom is 0.294 e. The van der Waals surface area contributed by atoms with Crippen molar-refractivity contribution in [3.8, 4) is 0 Å². The van der Waals surface area contributed by atoms with Crippen LogP contribution in [0.2, 0.25) is 0 Å². The van der Waals surface area contributed by atoms with Crippen molar-refractivity contribution in [2.75, 3.05) is 13.2 Å². The molecule has 0 aliphatic rings. The Bertz CT molecular complexity index is 728. The number of benzene rings is 1. The van der Waals surface area contributed by atoms with Gasteiger partial charge >= 0.3 is 0 Å². The smallest absolute Gasteiger partial charge is 0.294 e. The van der Waals surface area contributed by atoms with Gasteiger partial charge in [0.1, 0.15) is 0 Å². The largest absolute Gasteiger partial charge is 0.306 e. The summed E-state index contributed by atoms with van der Waals surface area (Å²) in [5, 5.41) is 51.1. The molecule has 0 aliphatic carbocycles. The van der Waals surface area contributed by atoms with E-state index in [0.29, 0.717) is 18.2 Å². The minimum absolute atomic E-state index is 0.483. The molecule has 0 bridgehead atoms. The summed E-state index contributed by atoms with van der Waals surface area (Å²) < 4.78 is 0. The highest BCUT2D eigenvalue weighted by Crippen LogP contribution is 2.33. The fourth-order valence-electron chi connectivity index (χ4n) is 1.81. The molecule has 26 heavy (non-hydrogen) atoms. The van der Waals surface area contributed by atoms with Gasteiger partial charge < -0.3 is 9.68 Å². The van der Waals surface area contributed by atoms with E-state index in [-0.39, 0.29) is 0 Å². The lowest BCUT2D eigenvalue weighted by molar-refractivity contribution is -0.790. The van der Waals surface area contributed by atoms with Gasteiger partial charge in [-0.1, -0.05) is 0 Å². The Kier molecular flexibility index (Phi) is 5.80. The molecule has 0 N–H and O–H groups in total. The van der Waals surface area contributed by atoms with E-state index < -0.39 is 60.6 Å². The van der Waals surface area contributed by atoms with Crippen molar-refractivity contribution in [2.45, 2.75) is 5.54 Å². The van der Waals surface area contributed by atoms with Gasteiger partial charge in [0.05, 0.1) is 15.9 Å². The van der Waals surface area contributed by atoms with Crippen molar-refractivity contribution >= 4 is 11.4 Å². The Hall–Kier alpha value is -4.18. The summed E-state index contributed by atoms with van der Waals surface area (Å²) in [5.41, 5.74) is -5.64. The second-order valence-corrected chi connectivity index (χ2v) is 4.54. The molecule has 140 valence electrons. The number of hydrogen-bond acceptors (Lipinski definition) is 12. The van der Waals surface area contributed by atoms with Gasteiger partial charge in [0.15, 0.2) is 13.2 Å². The van der Waals surface area contributed by atoms with Gasteiger partial charge in [-0.15, -0.1) is 20.2 Å². The molecule has 0 amide bonds. The number of nitro benzene ring substituents is 2. The maximum atomic E-state index is 11.5. The molecule has 0 heterocycles. The molecule has 0 saturated carbocycles. The minimum Gasteiger partial charge on any atom is -0.306 e. The van der Waals surface area contributed by atoms with Crippen LogP contribution in [0.4, 0.5) is 11.4 Å². The van der Waals surface area contributed by atoms with E-state index in [2.05, 4.69) is 9.68 Å². The topological polar surface area (TPSA) is 234 Å². The first-order valence-electron chi connectivity index (χ1n) is 6.13. The van der Waals surface area contributed by atoms with Gasteiger partial charge in [-0.3, -0.25) is 30.3 Å². The molecule has 0 radical (unpaired) electrons. The lowest BCUT2D eigenvalue weighted by Gasteiger charge is -2.23. The van der Waals surface area contributed by atoms with Crippen LogP contribution in [0.15, 0.2) is 18.2 Å². The highest BCUT2D eigenvalue weighted by molar-refractivity contribution is 5.48. The molecule has 17 heteroatoms. The summed E-state index contributed by atoms with van der Waals surface area (Å²) in [4.78, 5) is 58.3. The standard InChI is InChI=1S/C9H7N5O12/c15-10(16)7-1-6(2-8(3-7)11(17)18)9(12(19)20,4-25-13(21)22)5-26-14(23)24/h1-3H,4-5H2. The van der Waals surface area contributed by atoms with E-state index in [1.807, 2.05) is 0 Å². The highest BCUT2D eigenvalue weighted by Gasteiger charge is 2.49. The van der Waals surface area contributed by atoms with E-state index in [0.717, 1.165) is 0 Å². The van der Waals surface area contributed by atoms with E-state index >= 15 is 0 Å². The molecular formula is C9H7N5O12. The summed E-state index contributed by atoms with van der Waals surface area (Å²) in [5.74, 6) is 0. The number of nitro groups is 3. The molecular weight excluding hydrogens is 370 g/mol. The first-order valence-corrected chi connectivity index (χ1v) is 6.13. The predicted molar refractivity (Wildman–Crippen MR) is 74.3 cm³/mol. The normalized spacial score (nSPS) is 10.6. The lowest BCUT2D eigenvalue weighted by atomic mass is 9.91. The molecule has 0 aliphatic heterocycles. The zero-order chi connectivity index (χ0) is 20.1. The fourth-order valence-corrected chi connectivity index (χ4v) is 1.81. The van der Waals surface area contributed by atoms with E-state index in [9.17, 15) is 50.6 Å². The van der Waals surface area contributed by atoms with Crippen molar-refractivity contribution in [1.82, 2.24) is 0 Å². The predicted octanol–water partition coefficient (Wildman–Crippen LogP) is 0.392. The van der Waals surface area contributed by atoms with E-state index in [4.69, 9.17) is 0 Å². The molecule has 17 nitrogen and oxygen atoms in total. The van der Waals surface area contributed by atoms with Crippen LogP contribution in [-0.2, 0) is 15.2 Å². The molecule has 0 atom stereocenters. The average molecular weight is 377 g/mol. The number of nitrogens with zero attached hydrogens (tertiary/aromatic N) is 5. The van der Waals surface area contributed by atoms with Gasteiger partial charge in [0.25, 0.3) is 27.1 Å². The van der Waals surface area contributed by atoms with Gasteiger partial charge in [0, 0.05) is 22.6 Å². The molecule has 0 fully saturated rings. The summed E-state index contributed by atoms with van der Waals surface area (Å²) >= 11 is 0. The molecule has 1 aromatic rings. The van der Waals surface area contributed by atoms with Crippen molar-refractivity contribution in [2.24, 2.45) is 0 Å². The first kappa shape index (κ1) is 19.9. The van der Waals surface area contributed by atoms with Crippen molar-refractivity contribution < 1.29 is 34.6 Å². The second kappa shape index (κ2) is 7.59. The zero-order valence-corrected chi connectivity index (χ0v) is 12.3. The third-order valence-electron chi connectivity index (χ3n) is 3.03. The Morgan fingerprint density at radius 1 is 0.731 bits per heavy atom. The Morgan fingerprint density at radius 2 is 1.12 bits per heavy atom. The summed E-state index contributed by atoms with van der Waals surface area (Å²) in [6.45, 7) is -2.92. The monoisotopic (exact) mass is 377 g/mol. The van der Waals surface area contributed by atoms with E-state index in [1.165, 1.54) is 0 Å². The van der Waals surface area contributed by atoms with Crippen molar-refractivity contribution in [3.05, 3.63) is 74.3 Å². The fraction of sp³-hybridized carbons (Fsp3) is 0.333. The molecule has 0 aromatic heterocycles. The first-order chi connectivity index (χ1) is 12.0. The van der Waals surface area contributed by atoms with Crippen LogP contribution in [0.3, 0.4) is 0 Å². The van der Waals surface area contributed by atoms with Gasteiger partial charge in [-0.2, -0.15) is 0 Å². The molecule has 0 unspecified atom stereocenters. The quantitative estimate of drug-likeness (QED) is 0.397. The Labute approximate surface area is 140 Å². The van der Waals surface area contributed by atoms with Crippen LogP contribution in [0.25, 0.3) is 0 Å². The lowest BCUT2D eigenvalue weighted by Crippen LogP contribution is -2.45. The van der Waals surface area contributed by atoms with Crippen LogP contribution in [0, 0.1) is 50.6 Å². The maximum absolute atomic E-state index is 11.5. The van der Waals surface area contributed by atoms with Gasteiger partial charge in [-0.25, -0.2) is 0 Å². The van der Waals surface area contributed by atoms with Crippen LogP contribution >= 0.6 is 0 Å². The molecule has 0 saturated heterocycles. The minimum atomic E-state index is -2.91. The Morgan fingerprint density at radius 3 is 1.38 bits per heavy atom. The van der Waals surface area contributed by atoms with E-state index in [1.54, 1.807) is 0 Å². The number of hydrogen-bond donors (Lipinski definition) is 0. The Balaban J connectivity index is 3.64. The molecule has 1 rings (SSSR count).